The van der Waals surface area contributed by atoms with Crippen molar-refractivity contribution in [1.82, 2.24) is 0 Å². The van der Waals surface area contributed by atoms with Gasteiger partial charge in [0.05, 0.1) is 0 Å². The third-order valence-electron chi connectivity index (χ3n) is 2.61. The van der Waals surface area contributed by atoms with Gasteiger partial charge in [-0.2, -0.15) is 0 Å². The van der Waals surface area contributed by atoms with Crippen molar-refractivity contribution in [2.75, 3.05) is 0 Å². The highest BCUT2D eigenvalue weighted by Gasteiger charge is 2.16. The molecule has 18 heavy (non-hydrogen) atoms. The number of benzene rings is 1. The summed E-state index contributed by atoms with van der Waals surface area (Å²) in [7, 11) is 0. The summed E-state index contributed by atoms with van der Waals surface area (Å²) in [5, 5.41) is 0. The fourth-order valence-electron chi connectivity index (χ4n) is 2.00. The van der Waals surface area contributed by atoms with E-state index >= 15 is 0 Å². The van der Waals surface area contributed by atoms with Gasteiger partial charge in [0.25, 0.3) is 0 Å². The van der Waals surface area contributed by atoms with Gasteiger partial charge < -0.3 is 0 Å². The summed E-state index contributed by atoms with van der Waals surface area (Å²) in [6.45, 7) is 13.9. The largest absolute Gasteiger partial charge is 0.0984 e. The van der Waals surface area contributed by atoms with Crippen molar-refractivity contribution < 1.29 is 0 Å². The van der Waals surface area contributed by atoms with Gasteiger partial charge in [-0.15, -0.1) is 0 Å². The molecule has 1 aromatic carbocycles. The highest BCUT2D eigenvalue weighted by Crippen LogP contribution is 2.33. The van der Waals surface area contributed by atoms with E-state index in [-0.39, 0.29) is 0 Å². The number of fused-ring (bicyclic) bond motifs is 1. The lowest BCUT2D eigenvalue weighted by molar-refractivity contribution is 1.24. The molecular weight excluding hydrogens is 216 g/mol. The van der Waals surface area contributed by atoms with E-state index in [0.29, 0.717) is 0 Å². The van der Waals surface area contributed by atoms with E-state index in [1.807, 2.05) is 33.8 Å². The van der Waals surface area contributed by atoms with Crippen molar-refractivity contribution in [2.45, 2.75) is 41.0 Å². The Morgan fingerprint density at radius 3 is 2.22 bits per heavy atom. The molecule has 0 aliphatic heterocycles. The van der Waals surface area contributed by atoms with Gasteiger partial charge in [-0.05, 0) is 35.6 Å². The maximum atomic E-state index is 3.88. The first-order chi connectivity index (χ1) is 8.86. The van der Waals surface area contributed by atoms with Crippen LogP contribution in [0.5, 0.6) is 0 Å². The monoisotopic (exact) mass is 242 g/mol. The van der Waals surface area contributed by atoms with Crippen molar-refractivity contribution >= 4 is 5.57 Å². The maximum absolute atomic E-state index is 3.88. The zero-order valence-corrected chi connectivity index (χ0v) is 12.5. The number of rotatable bonds is 2. The molecule has 0 aromatic heterocycles. The van der Waals surface area contributed by atoms with E-state index in [4.69, 9.17) is 0 Å². The Morgan fingerprint density at radius 2 is 1.67 bits per heavy atom. The number of hydrogen-bond donors (Lipinski definition) is 0. The summed E-state index contributed by atoms with van der Waals surface area (Å²) in [4.78, 5) is 0. The molecule has 1 aliphatic carbocycles. The third kappa shape index (κ3) is 3.73. The van der Waals surface area contributed by atoms with Crippen LogP contribution in [0.4, 0.5) is 0 Å². The lowest BCUT2D eigenvalue weighted by Gasteiger charge is -1.98. The van der Waals surface area contributed by atoms with Crippen LogP contribution < -0.4 is 0 Å². The highest BCUT2D eigenvalue weighted by molar-refractivity contribution is 5.84. The molecule has 98 valence electrons. The highest BCUT2D eigenvalue weighted by atomic mass is 14.2. The van der Waals surface area contributed by atoms with E-state index in [1.165, 1.54) is 22.3 Å². The fourth-order valence-corrected chi connectivity index (χ4v) is 2.00. The van der Waals surface area contributed by atoms with Crippen LogP contribution in [-0.4, -0.2) is 0 Å². The molecule has 0 heteroatoms. The third-order valence-corrected chi connectivity index (χ3v) is 2.61. The van der Waals surface area contributed by atoms with Gasteiger partial charge >= 0.3 is 0 Å². The molecule has 0 nitrogen and oxygen atoms in total. The average Bonchev–Trinajstić information content (AvgIpc) is 2.81. The molecule has 0 saturated heterocycles. The molecule has 1 aliphatic rings. The molecule has 0 atom stereocenters. The minimum atomic E-state index is 1.04. The predicted molar refractivity (Wildman–Crippen MR) is 84.8 cm³/mol. The number of hydrogen-bond acceptors (Lipinski definition) is 0. The Bertz CT molecular complexity index is 419. The SMILES string of the molecule is C=CC1=C(/C=C\C)Cc2ccccc21.CC.CC. The smallest absolute Gasteiger partial charge is 0.00136 e. The van der Waals surface area contributed by atoms with Crippen molar-refractivity contribution in [2.24, 2.45) is 0 Å². The molecule has 0 unspecified atom stereocenters. The summed E-state index contributed by atoms with van der Waals surface area (Å²) in [5.41, 5.74) is 5.42. The minimum absolute atomic E-state index is 1.04. The van der Waals surface area contributed by atoms with Crippen LogP contribution in [0.15, 0.2) is 54.6 Å². The standard InChI is InChI=1S/C14H14.2C2H6/c1-3-7-11-10-12-8-5-6-9-14(12)13(11)4-2;2*1-2/h3-9H,2,10H2,1H3;2*1-2H3/b7-3-;;. The number of allylic oxidation sites excluding steroid dienone is 5. The van der Waals surface area contributed by atoms with Gasteiger partial charge in [-0.25, -0.2) is 0 Å². The first-order valence-corrected chi connectivity index (χ1v) is 6.93. The van der Waals surface area contributed by atoms with E-state index in [9.17, 15) is 0 Å². The Labute approximate surface area is 113 Å². The van der Waals surface area contributed by atoms with Gasteiger partial charge in [-0.3, -0.25) is 0 Å². The fraction of sp³-hybridized carbons (Fsp3) is 0.333. The molecule has 0 heterocycles. The second-order valence-corrected chi connectivity index (χ2v) is 3.48. The van der Waals surface area contributed by atoms with Crippen molar-refractivity contribution in [3.8, 4) is 0 Å². The van der Waals surface area contributed by atoms with Gasteiger partial charge in [0.2, 0.25) is 0 Å². The van der Waals surface area contributed by atoms with Crippen molar-refractivity contribution in [3.63, 3.8) is 0 Å². The second-order valence-electron chi connectivity index (χ2n) is 3.48. The van der Waals surface area contributed by atoms with E-state index < -0.39 is 0 Å². The maximum Gasteiger partial charge on any atom is -0.00136 e. The first kappa shape index (κ1) is 16.4. The van der Waals surface area contributed by atoms with Crippen LogP contribution in [0.1, 0.15) is 45.7 Å². The minimum Gasteiger partial charge on any atom is -0.0984 e. The van der Waals surface area contributed by atoms with Crippen LogP contribution in [0.25, 0.3) is 5.57 Å². The molecule has 0 N–H and O–H groups in total. The van der Waals surface area contributed by atoms with E-state index in [0.717, 1.165) is 6.42 Å². The first-order valence-electron chi connectivity index (χ1n) is 6.93. The molecular formula is C18H26. The Hall–Kier alpha value is -1.56. The molecule has 0 saturated carbocycles. The topological polar surface area (TPSA) is 0 Å². The van der Waals surface area contributed by atoms with Gasteiger partial charge in [-0.1, -0.05) is 76.8 Å². The molecule has 0 fully saturated rings. The molecule has 0 spiro atoms. The van der Waals surface area contributed by atoms with E-state index in [1.54, 1.807) is 0 Å². The lowest BCUT2D eigenvalue weighted by Crippen LogP contribution is -1.80. The van der Waals surface area contributed by atoms with Crippen LogP contribution in [0.3, 0.4) is 0 Å². The summed E-state index contributed by atoms with van der Waals surface area (Å²) in [6.07, 6.45) is 7.27. The van der Waals surface area contributed by atoms with Crippen LogP contribution >= 0.6 is 0 Å². The van der Waals surface area contributed by atoms with Crippen LogP contribution in [0, 0.1) is 0 Å². The zero-order chi connectivity index (χ0) is 14.0. The average molecular weight is 242 g/mol. The Kier molecular flexibility index (Phi) is 8.65. The quantitative estimate of drug-likeness (QED) is 0.614. The Morgan fingerprint density at radius 1 is 1.06 bits per heavy atom. The summed E-state index contributed by atoms with van der Waals surface area (Å²) in [6, 6.07) is 8.54. The van der Waals surface area contributed by atoms with Crippen LogP contribution in [-0.2, 0) is 6.42 Å². The normalized spacial score (nSPS) is 12.3. The molecule has 0 radical (unpaired) electrons. The molecule has 2 rings (SSSR count). The summed E-state index contributed by atoms with van der Waals surface area (Å²) in [5.74, 6) is 0. The van der Waals surface area contributed by atoms with Gasteiger partial charge in [0.15, 0.2) is 0 Å². The van der Waals surface area contributed by atoms with Gasteiger partial charge in [0, 0.05) is 0 Å². The summed E-state index contributed by atoms with van der Waals surface area (Å²) < 4.78 is 0. The lowest BCUT2D eigenvalue weighted by atomic mass is 10.1. The zero-order valence-electron chi connectivity index (χ0n) is 12.5. The molecule has 1 aromatic rings. The predicted octanol–water partition coefficient (Wildman–Crippen LogP) is 5.81. The van der Waals surface area contributed by atoms with Gasteiger partial charge in [0.1, 0.15) is 0 Å². The molecule has 0 amide bonds. The van der Waals surface area contributed by atoms with E-state index in [2.05, 4.69) is 49.9 Å². The van der Waals surface area contributed by atoms with Crippen molar-refractivity contribution in [1.29, 1.82) is 0 Å². The molecule has 0 bridgehead atoms. The van der Waals surface area contributed by atoms with Crippen molar-refractivity contribution in [3.05, 3.63) is 65.8 Å². The van der Waals surface area contributed by atoms with Crippen LogP contribution in [0.2, 0.25) is 0 Å². The Balaban J connectivity index is 0.000000659. The second kappa shape index (κ2) is 9.47. The summed E-state index contributed by atoms with van der Waals surface area (Å²) >= 11 is 0.